The number of hydrogen-bond donors (Lipinski definition) is 1. The number of hydrogen-bond acceptors (Lipinski definition) is 5. The summed E-state index contributed by atoms with van der Waals surface area (Å²) < 4.78 is 73.3. The Morgan fingerprint density at radius 1 is 1.12 bits per heavy atom. The Morgan fingerprint density at radius 3 is 2.38 bits per heavy atom. The van der Waals surface area contributed by atoms with Crippen molar-refractivity contribution in [2.45, 2.75) is 45.7 Å². The Kier molecular flexibility index (Phi) is 5.93. The summed E-state index contributed by atoms with van der Waals surface area (Å²) >= 11 is 12.5. The van der Waals surface area contributed by atoms with E-state index in [1.807, 2.05) is 0 Å². The summed E-state index contributed by atoms with van der Waals surface area (Å²) in [6.45, 7) is 0.422. The Bertz CT molecular complexity index is 1170. The Balaban J connectivity index is 2.10. The first-order chi connectivity index (χ1) is 15.0. The molecule has 1 aromatic carbocycles. The van der Waals surface area contributed by atoms with Gasteiger partial charge in [-0.3, -0.25) is 0 Å². The van der Waals surface area contributed by atoms with Gasteiger partial charge in [0.15, 0.2) is 6.10 Å². The molecule has 0 bridgehead atoms. The second kappa shape index (κ2) is 8.27. The first kappa shape index (κ1) is 22.9. The number of aromatic nitrogens is 4. The number of rotatable bonds is 4. The summed E-state index contributed by atoms with van der Waals surface area (Å²) in [5.74, 6) is 0.297. The van der Waals surface area contributed by atoms with Gasteiger partial charge in [-0.05, 0) is 37.9 Å². The van der Waals surface area contributed by atoms with Crippen molar-refractivity contribution < 1.29 is 26.7 Å². The Hall–Kier alpha value is -2.24. The molecule has 1 N–H and O–H groups in total. The number of benzene rings is 1. The second-order valence-corrected chi connectivity index (χ2v) is 7.96. The highest BCUT2D eigenvalue weighted by Crippen LogP contribution is 2.46. The highest BCUT2D eigenvalue weighted by atomic mass is 35.5. The number of aryl methyl sites for hydroxylation is 3. The number of fused-ring (bicyclic) bond motifs is 3. The van der Waals surface area contributed by atoms with Crippen LogP contribution in [0.4, 0.5) is 27.9 Å². The highest BCUT2D eigenvalue weighted by molar-refractivity contribution is 6.38. The van der Waals surface area contributed by atoms with Gasteiger partial charge in [-0.25, -0.2) is 15.0 Å². The van der Waals surface area contributed by atoms with Crippen LogP contribution in [-0.2, 0) is 11.3 Å². The molecular weight excluding hydrogens is 480 g/mol. The van der Waals surface area contributed by atoms with Crippen molar-refractivity contribution in [3.63, 3.8) is 0 Å². The Morgan fingerprint density at radius 2 is 1.78 bits per heavy atom. The average Bonchev–Trinajstić information content (AvgIpc) is 3.07. The van der Waals surface area contributed by atoms with Crippen molar-refractivity contribution in [3.8, 4) is 11.1 Å². The van der Waals surface area contributed by atoms with Crippen LogP contribution in [0.25, 0.3) is 22.2 Å². The van der Waals surface area contributed by atoms with Crippen molar-refractivity contribution in [3.05, 3.63) is 33.3 Å². The number of anilines is 1. The topological polar surface area (TPSA) is 64.9 Å². The molecule has 0 aliphatic carbocycles. The molecule has 3 heterocycles. The maximum Gasteiger partial charge on any atom is 0.419 e. The molecule has 0 saturated heterocycles. The average molecular weight is 496 g/mol. The zero-order chi connectivity index (χ0) is 23.4. The first-order valence-electron chi connectivity index (χ1n) is 9.47. The maximum atomic E-state index is 13.9. The fraction of sp³-hybridized carbons (Fsp3) is 0.421. The van der Waals surface area contributed by atoms with Crippen LogP contribution in [0.2, 0.25) is 10.3 Å². The lowest BCUT2D eigenvalue weighted by Gasteiger charge is -2.24. The van der Waals surface area contributed by atoms with E-state index >= 15 is 0 Å². The molecule has 1 aliphatic rings. The van der Waals surface area contributed by atoms with Crippen molar-refractivity contribution in [1.82, 2.24) is 19.5 Å². The van der Waals surface area contributed by atoms with Crippen molar-refractivity contribution in [2.24, 2.45) is 0 Å². The van der Waals surface area contributed by atoms with Gasteiger partial charge < -0.3 is 14.6 Å². The molecule has 32 heavy (non-hydrogen) atoms. The molecule has 1 unspecified atom stereocenters. The molecule has 0 radical (unpaired) electrons. The summed E-state index contributed by atoms with van der Waals surface area (Å²) in [6, 6.07) is 1.10. The van der Waals surface area contributed by atoms with Gasteiger partial charge in [0.25, 0.3) is 0 Å². The van der Waals surface area contributed by atoms with E-state index in [1.54, 1.807) is 13.8 Å². The van der Waals surface area contributed by atoms with Crippen LogP contribution in [0.1, 0.15) is 29.5 Å². The van der Waals surface area contributed by atoms with Crippen molar-refractivity contribution >= 4 is 40.2 Å². The first-order valence-corrected chi connectivity index (χ1v) is 10.2. The minimum absolute atomic E-state index is 0.0193. The van der Waals surface area contributed by atoms with Crippen LogP contribution in [0.5, 0.6) is 0 Å². The van der Waals surface area contributed by atoms with Gasteiger partial charge in [0.2, 0.25) is 11.2 Å². The molecule has 3 aromatic rings. The molecule has 0 saturated carbocycles. The predicted octanol–water partition coefficient (Wildman–Crippen LogP) is 6.08. The molecule has 4 rings (SSSR count). The van der Waals surface area contributed by atoms with E-state index in [0.717, 1.165) is 6.07 Å². The second-order valence-electron chi connectivity index (χ2n) is 7.25. The van der Waals surface area contributed by atoms with Gasteiger partial charge in [-0.15, -0.1) is 0 Å². The predicted molar refractivity (Wildman–Crippen MR) is 109 cm³/mol. The largest absolute Gasteiger partial charge is 0.419 e. The fourth-order valence-corrected chi connectivity index (χ4v) is 4.51. The summed E-state index contributed by atoms with van der Waals surface area (Å²) in [6.07, 6.45) is -7.42. The summed E-state index contributed by atoms with van der Waals surface area (Å²) in [5, 5.41) is 2.99. The number of halogens is 7. The molecular formula is C19H16Cl2F5N5O. The molecule has 13 heteroatoms. The number of nitrogens with zero attached hydrogens (tertiary/aromatic N) is 4. The standard InChI is InChI=1S/C19H16Cl2F5N5O/c1-7-11(8(2)29-16(21)28-7)9-6-10(15(19(24,25)26)32-17(22)23)14-13(12(9)20)30-18-27-4-3-5-31(14)18/h6,15,17H,3-5H2,1-2H3,(H,27,30). The third kappa shape index (κ3) is 3.97. The van der Waals surface area contributed by atoms with Crippen molar-refractivity contribution in [2.75, 3.05) is 11.9 Å². The molecule has 6 nitrogen and oxygen atoms in total. The van der Waals surface area contributed by atoms with Crippen LogP contribution in [0, 0.1) is 13.8 Å². The van der Waals surface area contributed by atoms with Crippen LogP contribution < -0.4 is 5.32 Å². The lowest BCUT2D eigenvalue weighted by Crippen LogP contribution is -2.26. The van der Waals surface area contributed by atoms with Crippen LogP contribution in [0.15, 0.2) is 6.07 Å². The van der Waals surface area contributed by atoms with E-state index in [2.05, 4.69) is 25.0 Å². The van der Waals surface area contributed by atoms with Gasteiger partial charge in [0.05, 0.1) is 21.9 Å². The smallest absolute Gasteiger partial charge is 0.356 e. The van der Waals surface area contributed by atoms with Crippen LogP contribution in [0.3, 0.4) is 0 Å². The molecule has 1 aliphatic heterocycles. The van der Waals surface area contributed by atoms with Gasteiger partial charge in [0, 0.05) is 29.8 Å². The van der Waals surface area contributed by atoms with E-state index in [9.17, 15) is 22.0 Å². The van der Waals surface area contributed by atoms with E-state index in [-0.39, 0.29) is 26.9 Å². The van der Waals surface area contributed by atoms with Crippen molar-refractivity contribution in [1.29, 1.82) is 0 Å². The lowest BCUT2D eigenvalue weighted by atomic mass is 9.96. The third-order valence-electron chi connectivity index (χ3n) is 5.16. The third-order valence-corrected chi connectivity index (χ3v) is 5.71. The number of nitrogens with one attached hydrogen (secondary N) is 1. The highest BCUT2D eigenvalue weighted by Gasteiger charge is 2.46. The van der Waals surface area contributed by atoms with Gasteiger partial charge >= 0.3 is 12.8 Å². The van der Waals surface area contributed by atoms with E-state index < -0.39 is 24.5 Å². The fourth-order valence-electron chi connectivity index (χ4n) is 3.98. The minimum atomic E-state index is -5.12. The maximum absolute atomic E-state index is 13.9. The number of alkyl halides is 5. The molecule has 1 atom stereocenters. The van der Waals surface area contributed by atoms with E-state index in [4.69, 9.17) is 23.2 Å². The molecule has 0 spiro atoms. The number of ether oxygens (including phenoxy) is 1. The molecule has 0 fully saturated rings. The van der Waals surface area contributed by atoms with Crippen LogP contribution in [-0.4, -0.2) is 38.9 Å². The zero-order valence-corrected chi connectivity index (χ0v) is 18.2. The molecule has 172 valence electrons. The Labute approximate surface area is 188 Å². The van der Waals surface area contributed by atoms with Crippen LogP contribution >= 0.6 is 23.2 Å². The quantitative estimate of drug-likeness (QED) is 0.351. The summed E-state index contributed by atoms with van der Waals surface area (Å²) in [4.78, 5) is 12.5. The minimum Gasteiger partial charge on any atom is -0.356 e. The monoisotopic (exact) mass is 495 g/mol. The summed E-state index contributed by atoms with van der Waals surface area (Å²) in [7, 11) is 0. The SMILES string of the molecule is Cc1nc(Cl)nc(C)c1-c1cc(C(OC(F)F)C(F)(F)F)c2c(nc3n2CCCN3)c1Cl. The molecule has 0 amide bonds. The van der Waals surface area contributed by atoms with E-state index in [0.29, 0.717) is 42.4 Å². The van der Waals surface area contributed by atoms with Gasteiger partial charge in [-0.1, -0.05) is 11.6 Å². The normalized spacial score (nSPS) is 15.2. The van der Waals surface area contributed by atoms with Gasteiger partial charge in [0.1, 0.15) is 5.52 Å². The summed E-state index contributed by atoms with van der Waals surface area (Å²) in [5.41, 5.74) is 0.648. The van der Waals surface area contributed by atoms with Gasteiger partial charge in [-0.2, -0.15) is 22.0 Å². The number of imidazole rings is 1. The van der Waals surface area contributed by atoms with E-state index in [1.165, 1.54) is 4.57 Å². The zero-order valence-electron chi connectivity index (χ0n) is 16.7. The lowest BCUT2D eigenvalue weighted by molar-refractivity contribution is -0.276. The molecule has 2 aromatic heterocycles.